The second-order valence-electron chi connectivity index (χ2n) is 6.40. The minimum absolute atomic E-state index is 0.0493. The van der Waals surface area contributed by atoms with Gasteiger partial charge in [0, 0.05) is 36.2 Å². The number of carbonyl (C=O) groups excluding carboxylic acids is 1. The SMILES string of the molecule is O=C(c1cc(-c2cccs2)nc2ccccc12)N1CCc2[nH]ncc2C1. The molecule has 1 N–H and O–H groups in total. The summed E-state index contributed by atoms with van der Waals surface area (Å²) in [7, 11) is 0. The van der Waals surface area contributed by atoms with Gasteiger partial charge in [-0.2, -0.15) is 5.10 Å². The molecule has 1 aliphatic rings. The number of fused-ring (bicyclic) bond motifs is 2. The highest BCUT2D eigenvalue weighted by Gasteiger charge is 2.25. The maximum absolute atomic E-state index is 13.3. The summed E-state index contributed by atoms with van der Waals surface area (Å²) >= 11 is 1.63. The van der Waals surface area contributed by atoms with Gasteiger partial charge in [-0.05, 0) is 23.6 Å². The van der Waals surface area contributed by atoms with Gasteiger partial charge in [-0.15, -0.1) is 11.3 Å². The van der Waals surface area contributed by atoms with Crippen molar-refractivity contribution in [2.24, 2.45) is 0 Å². The number of thiophene rings is 1. The third-order valence-electron chi connectivity index (χ3n) is 4.81. The van der Waals surface area contributed by atoms with Crippen molar-refractivity contribution in [2.45, 2.75) is 13.0 Å². The van der Waals surface area contributed by atoms with Crippen molar-refractivity contribution in [3.63, 3.8) is 0 Å². The van der Waals surface area contributed by atoms with Gasteiger partial charge in [-0.1, -0.05) is 24.3 Å². The third kappa shape index (κ3) is 2.50. The number of aromatic nitrogens is 3. The minimum atomic E-state index is 0.0493. The maximum atomic E-state index is 13.3. The molecule has 0 bridgehead atoms. The molecule has 0 atom stereocenters. The lowest BCUT2D eigenvalue weighted by molar-refractivity contribution is 0.0736. The molecule has 26 heavy (non-hydrogen) atoms. The van der Waals surface area contributed by atoms with Crippen LogP contribution in [0.15, 0.2) is 54.0 Å². The van der Waals surface area contributed by atoms with E-state index in [1.165, 1.54) is 0 Å². The van der Waals surface area contributed by atoms with Crippen LogP contribution in [0, 0.1) is 0 Å². The summed E-state index contributed by atoms with van der Waals surface area (Å²) in [6.07, 6.45) is 2.62. The van der Waals surface area contributed by atoms with Crippen LogP contribution in [0.1, 0.15) is 21.6 Å². The molecular formula is C20H16N4OS. The van der Waals surface area contributed by atoms with Crippen LogP contribution in [0.4, 0.5) is 0 Å². The maximum Gasteiger partial charge on any atom is 0.254 e. The molecule has 1 aliphatic heterocycles. The van der Waals surface area contributed by atoms with E-state index in [9.17, 15) is 4.79 Å². The van der Waals surface area contributed by atoms with Gasteiger partial charge in [-0.25, -0.2) is 4.98 Å². The van der Waals surface area contributed by atoms with Crippen LogP contribution in [0.3, 0.4) is 0 Å². The Morgan fingerprint density at radius 3 is 3.00 bits per heavy atom. The van der Waals surface area contributed by atoms with Crippen molar-refractivity contribution in [3.05, 3.63) is 70.9 Å². The second kappa shape index (κ2) is 6.07. The van der Waals surface area contributed by atoms with Crippen LogP contribution in [0.2, 0.25) is 0 Å². The predicted molar refractivity (Wildman–Crippen MR) is 102 cm³/mol. The molecule has 4 aromatic rings. The summed E-state index contributed by atoms with van der Waals surface area (Å²) in [6.45, 7) is 1.29. The van der Waals surface area contributed by atoms with Gasteiger partial charge >= 0.3 is 0 Å². The Kier molecular flexibility index (Phi) is 3.57. The highest BCUT2D eigenvalue weighted by Crippen LogP contribution is 2.29. The lowest BCUT2D eigenvalue weighted by Gasteiger charge is -2.27. The normalized spacial score (nSPS) is 13.8. The molecule has 3 aromatic heterocycles. The molecule has 4 heterocycles. The molecule has 5 nitrogen and oxygen atoms in total. The van der Waals surface area contributed by atoms with Crippen molar-refractivity contribution in [1.82, 2.24) is 20.1 Å². The lowest BCUT2D eigenvalue weighted by Crippen LogP contribution is -2.35. The van der Waals surface area contributed by atoms with Crippen molar-refractivity contribution in [2.75, 3.05) is 6.54 Å². The first-order chi connectivity index (χ1) is 12.8. The van der Waals surface area contributed by atoms with Crippen LogP contribution in [-0.2, 0) is 13.0 Å². The fourth-order valence-corrected chi connectivity index (χ4v) is 4.15. The van der Waals surface area contributed by atoms with E-state index in [0.29, 0.717) is 18.7 Å². The van der Waals surface area contributed by atoms with Gasteiger partial charge < -0.3 is 4.90 Å². The van der Waals surface area contributed by atoms with Gasteiger partial charge in [0.05, 0.1) is 27.8 Å². The molecule has 0 spiro atoms. The van der Waals surface area contributed by atoms with Gasteiger partial charge in [0.15, 0.2) is 0 Å². The summed E-state index contributed by atoms with van der Waals surface area (Å²) in [5, 5.41) is 10.0. The number of hydrogen-bond donors (Lipinski definition) is 1. The van der Waals surface area contributed by atoms with E-state index in [-0.39, 0.29) is 5.91 Å². The van der Waals surface area contributed by atoms with Gasteiger partial charge in [0.25, 0.3) is 5.91 Å². The lowest BCUT2D eigenvalue weighted by atomic mass is 10.0. The molecule has 0 saturated heterocycles. The number of amides is 1. The molecule has 0 fully saturated rings. The number of H-pyrrole nitrogens is 1. The first-order valence-electron chi connectivity index (χ1n) is 8.53. The predicted octanol–water partition coefficient (Wildman–Crippen LogP) is 3.88. The average Bonchev–Trinajstić information content (AvgIpc) is 3.37. The summed E-state index contributed by atoms with van der Waals surface area (Å²) in [5.74, 6) is 0.0493. The highest BCUT2D eigenvalue weighted by molar-refractivity contribution is 7.13. The molecule has 5 rings (SSSR count). The fourth-order valence-electron chi connectivity index (χ4n) is 3.47. The monoisotopic (exact) mass is 360 g/mol. The molecule has 0 radical (unpaired) electrons. The van der Waals surface area contributed by atoms with Crippen LogP contribution in [-0.4, -0.2) is 32.5 Å². The third-order valence-corrected chi connectivity index (χ3v) is 5.70. The summed E-state index contributed by atoms with van der Waals surface area (Å²) in [4.78, 5) is 21.1. The first kappa shape index (κ1) is 15.3. The van der Waals surface area contributed by atoms with Crippen molar-refractivity contribution < 1.29 is 4.79 Å². The van der Waals surface area contributed by atoms with Crippen LogP contribution in [0.25, 0.3) is 21.5 Å². The van der Waals surface area contributed by atoms with E-state index < -0.39 is 0 Å². The Balaban J connectivity index is 1.60. The van der Waals surface area contributed by atoms with E-state index in [4.69, 9.17) is 4.98 Å². The van der Waals surface area contributed by atoms with Gasteiger partial charge in [0.1, 0.15) is 0 Å². The number of para-hydroxylation sites is 1. The van der Waals surface area contributed by atoms with Crippen molar-refractivity contribution in [1.29, 1.82) is 0 Å². The second-order valence-corrected chi connectivity index (χ2v) is 7.35. The highest BCUT2D eigenvalue weighted by atomic mass is 32.1. The van der Waals surface area contributed by atoms with Crippen molar-refractivity contribution in [3.8, 4) is 10.6 Å². The van der Waals surface area contributed by atoms with Crippen LogP contribution < -0.4 is 0 Å². The van der Waals surface area contributed by atoms with Crippen LogP contribution >= 0.6 is 11.3 Å². The van der Waals surface area contributed by atoms with Gasteiger partial charge in [-0.3, -0.25) is 9.89 Å². The molecule has 0 saturated carbocycles. The van der Waals surface area contributed by atoms with E-state index in [1.807, 2.05) is 58.9 Å². The number of pyridine rings is 1. The Labute approximate surface area is 154 Å². The van der Waals surface area contributed by atoms with E-state index >= 15 is 0 Å². The molecule has 0 aliphatic carbocycles. The standard InChI is InChI=1S/C20H16N4OS/c25-20(24-8-7-16-13(12-24)11-21-23-16)15-10-18(19-6-3-9-26-19)22-17-5-2-1-4-14(15)17/h1-6,9-11H,7-8,12H2,(H,21,23). The molecule has 1 aromatic carbocycles. The fraction of sp³-hybridized carbons (Fsp3) is 0.150. The minimum Gasteiger partial charge on any atom is -0.334 e. The number of rotatable bonds is 2. The molecule has 128 valence electrons. The Morgan fingerprint density at radius 2 is 2.12 bits per heavy atom. The molecule has 6 heteroatoms. The number of nitrogens with zero attached hydrogens (tertiary/aromatic N) is 3. The Hall–Kier alpha value is -2.99. The van der Waals surface area contributed by atoms with E-state index in [2.05, 4.69) is 10.2 Å². The van der Waals surface area contributed by atoms with E-state index in [1.54, 1.807) is 11.3 Å². The largest absolute Gasteiger partial charge is 0.334 e. The smallest absolute Gasteiger partial charge is 0.254 e. The number of nitrogens with one attached hydrogen (secondary N) is 1. The number of benzene rings is 1. The number of hydrogen-bond acceptors (Lipinski definition) is 4. The van der Waals surface area contributed by atoms with Crippen molar-refractivity contribution >= 4 is 28.1 Å². The quantitative estimate of drug-likeness (QED) is 0.590. The zero-order valence-corrected chi connectivity index (χ0v) is 14.8. The van der Waals surface area contributed by atoms with E-state index in [0.717, 1.165) is 39.2 Å². The molecular weight excluding hydrogens is 344 g/mol. The number of aromatic amines is 1. The summed E-state index contributed by atoms with van der Waals surface area (Å²) < 4.78 is 0. The number of carbonyl (C=O) groups is 1. The average molecular weight is 360 g/mol. The topological polar surface area (TPSA) is 61.9 Å². The Bertz CT molecular complexity index is 1100. The summed E-state index contributed by atoms with van der Waals surface area (Å²) in [5.41, 5.74) is 4.64. The summed E-state index contributed by atoms with van der Waals surface area (Å²) in [6, 6.07) is 13.8. The van der Waals surface area contributed by atoms with Crippen LogP contribution in [0.5, 0.6) is 0 Å². The van der Waals surface area contributed by atoms with Gasteiger partial charge in [0.2, 0.25) is 0 Å². The Morgan fingerprint density at radius 1 is 1.19 bits per heavy atom. The zero-order valence-electron chi connectivity index (χ0n) is 14.0. The first-order valence-corrected chi connectivity index (χ1v) is 9.41. The molecule has 0 unspecified atom stereocenters. The molecule has 1 amide bonds. The zero-order chi connectivity index (χ0) is 17.5.